The minimum absolute atomic E-state index is 0.288. The molecule has 0 saturated heterocycles. The van der Waals surface area contributed by atoms with E-state index in [1.54, 1.807) is 0 Å². The minimum atomic E-state index is -0.322. The second-order valence-electron chi connectivity index (χ2n) is 7.05. The van der Waals surface area contributed by atoms with Crippen LogP contribution in [0.25, 0.3) is 0 Å². The number of aliphatic hydroxyl groups is 1. The predicted octanol–water partition coefficient (Wildman–Crippen LogP) is 3.94. The Kier molecular flexibility index (Phi) is 4.97. The van der Waals surface area contributed by atoms with Crippen LogP contribution in [0.5, 0.6) is 0 Å². The summed E-state index contributed by atoms with van der Waals surface area (Å²) in [4.78, 5) is 2.45. The first-order valence-corrected chi connectivity index (χ1v) is 8.72. The molecule has 21 heavy (non-hydrogen) atoms. The van der Waals surface area contributed by atoms with E-state index in [1.165, 1.54) is 44.1 Å². The SMILES string of the molecule is CN(CC1CCCCC1)C1CCCc2ccccc2C1O. The second kappa shape index (κ2) is 6.93. The van der Waals surface area contributed by atoms with Crippen LogP contribution in [0, 0.1) is 5.92 Å². The molecule has 0 amide bonds. The molecule has 1 aromatic rings. The van der Waals surface area contributed by atoms with Gasteiger partial charge in [-0.05, 0) is 56.2 Å². The first-order valence-electron chi connectivity index (χ1n) is 8.72. The Hall–Kier alpha value is -0.860. The average molecular weight is 287 g/mol. The summed E-state index contributed by atoms with van der Waals surface area (Å²) < 4.78 is 0. The third-order valence-electron chi connectivity index (χ3n) is 5.52. The molecule has 1 fully saturated rings. The molecule has 1 aromatic carbocycles. The molecule has 1 N–H and O–H groups in total. The zero-order chi connectivity index (χ0) is 14.7. The van der Waals surface area contributed by atoms with Crippen molar-refractivity contribution in [2.24, 2.45) is 5.92 Å². The lowest BCUT2D eigenvalue weighted by Crippen LogP contribution is -2.39. The van der Waals surface area contributed by atoms with Gasteiger partial charge in [0, 0.05) is 12.6 Å². The van der Waals surface area contributed by atoms with Gasteiger partial charge in [-0.25, -0.2) is 0 Å². The van der Waals surface area contributed by atoms with Crippen LogP contribution in [0.2, 0.25) is 0 Å². The van der Waals surface area contributed by atoms with Crippen LogP contribution >= 0.6 is 0 Å². The van der Waals surface area contributed by atoms with Crippen LogP contribution in [0.4, 0.5) is 0 Å². The molecule has 0 aromatic heterocycles. The van der Waals surface area contributed by atoms with E-state index >= 15 is 0 Å². The third-order valence-corrected chi connectivity index (χ3v) is 5.52. The lowest BCUT2D eigenvalue weighted by molar-refractivity contribution is 0.0476. The van der Waals surface area contributed by atoms with E-state index in [2.05, 4.69) is 36.2 Å². The van der Waals surface area contributed by atoms with Crippen molar-refractivity contribution in [3.63, 3.8) is 0 Å². The third kappa shape index (κ3) is 3.49. The molecule has 2 nitrogen and oxygen atoms in total. The Balaban J connectivity index is 1.69. The van der Waals surface area contributed by atoms with E-state index < -0.39 is 0 Å². The Morgan fingerprint density at radius 1 is 1.05 bits per heavy atom. The Morgan fingerprint density at radius 3 is 2.62 bits per heavy atom. The van der Waals surface area contributed by atoms with E-state index in [0.717, 1.165) is 30.9 Å². The van der Waals surface area contributed by atoms with E-state index in [9.17, 15) is 5.11 Å². The standard InChI is InChI=1S/C19H29NO/c1-20(14-15-8-3-2-4-9-15)18-13-7-11-16-10-5-6-12-17(16)19(18)21/h5-6,10,12,15,18-19,21H,2-4,7-9,11,13-14H2,1H3. The highest BCUT2D eigenvalue weighted by Crippen LogP contribution is 2.33. The number of fused-ring (bicyclic) bond motifs is 1. The van der Waals surface area contributed by atoms with Gasteiger partial charge >= 0.3 is 0 Å². The lowest BCUT2D eigenvalue weighted by Gasteiger charge is -2.35. The van der Waals surface area contributed by atoms with Gasteiger partial charge in [-0.2, -0.15) is 0 Å². The number of rotatable bonds is 3. The van der Waals surface area contributed by atoms with Crippen LogP contribution in [0.15, 0.2) is 24.3 Å². The Morgan fingerprint density at radius 2 is 1.81 bits per heavy atom. The quantitative estimate of drug-likeness (QED) is 0.851. The summed E-state index contributed by atoms with van der Waals surface area (Å²) >= 11 is 0. The van der Waals surface area contributed by atoms with Crippen LogP contribution in [0.1, 0.15) is 62.2 Å². The molecule has 0 spiro atoms. The lowest BCUT2D eigenvalue weighted by atomic mass is 9.88. The van der Waals surface area contributed by atoms with Crippen LogP contribution in [-0.4, -0.2) is 29.6 Å². The van der Waals surface area contributed by atoms with Crippen molar-refractivity contribution in [1.82, 2.24) is 4.90 Å². The summed E-state index contributed by atoms with van der Waals surface area (Å²) in [6, 6.07) is 8.74. The molecule has 0 radical (unpaired) electrons. The van der Waals surface area contributed by atoms with Gasteiger partial charge in [0.2, 0.25) is 0 Å². The van der Waals surface area contributed by atoms with Crippen LogP contribution < -0.4 is 0 Å². The van der Waals surface area contributed by atoms with Gasteiger partial charge in [0.25, 0.3) is 0 Å². The molecule has 2 heteroatoms. The maximum absolute atomic E-state index is 10.9. The fourth-order valence-electron chi connectivity index (χ4n) is 4.29. The molecule has 2 unspecified atom stereocenters. The van der Waals surface area contributed by atoms with Gasteiger partial charge in [-0.1, -0.05) is 43.5 Å². The minimum Gasteiger partial charge on any atom is -0.387 e. The Bertz CT molecular complexity index is 453. The van der Waals surface area contributed by atoms with E-state index in [0.29, 0.717) is 0 Å². The monoisotopic (exact) mass is 287 g/mol. The average Bonchev–Trinajstić information content (AvgIpc) is 2.68. The van der Waals surface area contributed by atoms with E-state index in [-0.39, 0.29) is 12.1 Å². The molecular weight excluding hydrogens is 258 g/mol. The molecule has 2 aliphatic carbocycles. The number of likely N-dealkylation sites (N-methyl/N-ethyl adjacent to an activating group) is 1. The van der Waals surface area contributed by atoms with E-state index in [4.69, 9.17) is 0 Å². The van der Waals surface area contributed by atoms with E-state index in [1.807, 2.05) is 0 Å². The smallest absolute Gasteiger partial charge is 0.0947 e. The maximum atomic E-state index is 10.9. The number of benzene rings is 1. The van der Waals surface area contributed by atoms with Gasteiger partial charge in [0.05, 0.1) is 6.10 Å². The number of hydrogen-bond acceptors (Lipinski definition) is 2. The molecule has 2 aliphatic rings. The van der Waals surface area contributed by atoms with Gasteiger partial charge in [0.1, 0.15) is 0 Å². The van der Waals surface area contributed by atoms with Gasteiger partial charge in [0.15, 0.2) is 0 Å². The fraction of sp³-hybridized carbons (Fsp3) is 0.684. The molecule has 0 bridgehead atoms. The van der Waals surface area contributed by atoms with Gasteiger partial charge in [-0.15, -0.1) is 0 Å². The highest BCUT2D eigenvalue weighted by atomic mass is 16.3. The van der Waals surface area contributed by atoms with Crippen LogP contribution in [-0.2, 0) is 6.42 Å². The largest absolute Gasteiger partial charge is 0.387 e. The Labute approximate surface area is 129 Å². The summed E-state index contributed by atoms with van der Waals surface area (Å²) in [7, 11) is 2.22. The predicted molar refractivity (Wildman–Crippen MR) is 87.3 cm³/mol. The summed E-state index contributed by atoms with van der Waals surface area (Å²) in [5.41, 5.74) is 2.51. The van der Waals surface area contributed by atoms with Crippen molar-refractivity contribution in [3.8, 4) is 0 Å². The molecule has 3 rings (SSSR count). The van der Waals surface area contributed by atoms with Crippen molar-refractivity contribution in [3.05, 3.63) is 35.4 Å². The van der Waals surface area contributed by atoms with Crippen molar-refractivity contribution in [2.75, 3.05) is 13.6 Å². The number of aryl methyl sites for hydroxylation is 1. The zero-order valence-electron chi connectivity index (χ0n) is 13.3. The van der Waals surface area contributed by atoms with Crippen LogP contribution in [0.3, 0.4) is 0 Å². The highest BCUT2D eigenvalue weighted by Gasteiger charge is 2.30. The second-order valence-corrected chi connectivity index (χ2v) is 7.05. The molecule has 0 heterocycles. The van der Waals surface area contributed by atoms with Crippen molar-refractivity contribution < 1.29 is 5.11 Å². The normalized spacial score (nSPS) is 27.4. The fourth-order valence-corrected chi connectivity index (χ4v) is 4.29. The zero-order valence-corrected chi connectivity index (χ0v) is 13.3. The van der Waals surface area contributed by atoms with Crippen molar-refractivity contribution >= 4 is 0 Å². The summed E-state index contributed by atoms with van der Waals surface area (Å²) in [6.45, 7) is 1.16. The summed E-state index contributed by atoms with van der Waals surface area (Å²) in [6.07, 6.45) is 10.1. The summed E-state index contributed by atoms with van der Waals surface area (Å²) in [5, 5.41) is 10.9. The maximum Gasteiger partial charge on any atom is 0.0947 e. The number of nitrogens with zero attached hydrogens (tertiary/aromatic N) is 1. The molecule has 0 aliphatic heterocycles. The van der Waals surface area contributed by atoms with Gasteiger partial charge in [-0.3, -0.25) is 0 Å². The molecule has 1 saturated carbocycles. The number of aliphatic hydroxyl groups excluding tert-OH is 1. The number of hydrogen-bond donors (Lipinski definition) is 1. The highest BCUT2D eigenvalue weighted by molar-refractivity contribution is 5.31. The molecule has 116 valence electrons. The van der Waals surface area contributed by atoms with Crippen molar-refractivity contribution in [1.29, 1.82) is 0 Å². The molecular formula is C19H29NO. The summed E-state index contributed by atoms with van der Waals surface area (Å²) in [5.74, 6) is 0.842. The van der Waals surface area contributed by atoms with Gasteiger partial charge < -0.3 is 10.0 Å². The molecule has 2 atom stereocenters. The topological polar surface area (TPSA) is 23.5 Å². The van der Waals surface area contributed by atoms with Crippen molar-refractivity contribution in [2.45, 2.75) is 63.5 Å². The first kappa shape index (κ1) is 15.1. The first-order chi connectivity index (χ1) is 10.3.